The number of aryl methyl sites for hydroxylation is 1. The number of nitrogens with zero attached hydrogens (tertiary/aromatic N) is 1. The van der Waals surface area contributed by atoms with Gasteiger partial charge in [0.25, 0.3) is 0 Å². The fraction of sp³-hybridized carbons (Fsp3) is 0.556. The smallest absolute Gasteiger partial charge is 0.315 e. The summed E-state index contributed by atoms with van der Waals surface area (Å²) in [5.41, 5.74) is 6.80. The predicted octanol–water partition coefficient (Wildman–Crippen LogP) is 2.82. The molecular weight excluding hydrogens is 323 g/mol. The molecule has 1 heterocycles. The molecule has 0 saturated carbocycles. The summed E-state index contributed by atoms with van der Waals surface area (Å²) in [5.74, 6) is -0.318. The third kappa shape index (κ3) is 5.08. The molecule has 1 aromatic rings. The Morgan fingerprint density at radius 1 is 1.32 bits per heavy atom. The second-order valence-electron chi connectivity index (χ2n) is 7.62. The Morgan fingerprint density at radius 3 is 2.56 bits per heavy atom. The highest BCUT2D eigenvalue weighted by molar-refractivity contribution is 5.75. The molecule has 138 valence electrons. The van der Waals surface area contributed by atoms with Crippen LogP contribution >= 0.6 is 0 Å². The van der Waals surface area contributed by atoms with Gasteiger partial charge in [0.15, 0.2) is 0 Å². The van der Waals surface area contributed by atoms with E-state index in [2.05, 4.69) is 10.6 Å². The Bertz CT molecular complexity index is 657. The van der Waals surface area contributed by atoms with Crippen LogP contribution in [0.1, 0.15) is 50.8 Å². The number of hydrogen-bond acceptors (Lipinski definition) is 2. The Balaban J connectivity index is 2.16. The highest BCUT2D eigenvalue weighted by Gasteiger charge is 2.33. The van der Waals surface area contributed by atoms with Gasteiger partial charge in [-0.2, -0.15) is 0 Å². The molecule has 1 saturated heterocycles. The zero-order chi connectivity index (χ0) is 18.8. The molecule has 0 bridgehead atoms. The molecular formula is C18H27FN4O2. The molecule has 4 N–H and O–H groups in total. The molecule has 6 nitrogen and oxygen atoms in total. The first-order chi connectivity index (χ1) is 11.6. The van der Waals surface area contributed by atoms with Crippen molar-refractivity contribution in [1.82, 2.24) is 15.5 Å². The van der Waals surface area contributed by atoms with Gasteiger partial charge in [-0.25, -0.2) is 14.0 Å². The minimum atomic E-state index is -0.508. The van der Waals surface area contributed by atoms with Crippen LogP contribution in [0.2, 0.25) is 0 Å². The zero-order valence-corrected chi connectivity index (χ0v) is 15.2. The van der Waals surface area contributed by atoms with E-state index in [1.54, 1.807) is 17.9 Å². The lowest BCUT2D eigenvalue weighted by Gasteiger charge is -2.39. The molecule has 4 amide bonds. The summed E-state index contributed by atoms with van der Waals surface area (Å²) in [5, 5.41) is 5.83. The third-order valence-electron chi connectivity index (χ3n) is 4.30. The summed E-state index contributed by atoms with van der Waals surface area (Å²) in [6.07, 6.45) is 1.16. The van der Waals surface area contributed by atoms with Crippen molar-refractivity contribution in [3.05, 3.63) is 35.1 Å². The van der Waals surface area contributed by atoms with Crippen LogP contribution in [0.25, 0.3) is 0 Å². The Kier molecular flexibility index (Phi) is 5.55. The number of likely N-dealkylation sites (tertiary alicyclic amines) is 1. The van der Waals surface area contributed by atoms with E-state index in [1.807, 2.05) is 20.8 Å². The van der Waals surface area contributed by atoms with Crippen LogP contribution in [-0.4, -0.2) is 35.1 Å². The topological polar surface area (TPSA) is 87.5 Å². The number of amides is 4. The number of hydrogen-bond donors (Lipinski definition) is 3. The third-order valence-corrected chi connectivity index (χ3v) is 4.30. The monoisotopic (exact) mass is 350 g/mol. The minimum Gasteiger partial charge on any atom is -0.351 e. The minimum absolute atomic E-state index is 0.0904. The average Bonchev–Trinajstić information content (AvgIpc) is 2.44. The maximum absolute atomic E-state index is 13.4. The van der Waals surface area contributed by atoms with Gasteiger partial charge in [-0.05, 0) is 63.8 Å². The second kappa shape index (κ2) is 7.29. The van der Waals surface area contributed by atoms with E-state index in [4.69, 9.17) is 5.73 Å². The molecule has 0 aromatic heterocycles. The van der Waals surface area contributed by atoms with Crippen molar-refractivity contribution < 1.29 is 14.0 Å². The predicted molar refractivity (Wildman–Crippen MR) is 94.6 cm³/mol. The van der Waals surface area contributed by atoms with E-state index < -0.39 is 6.03 Å². The highest BCUT2D eigenvalue weighted by Crippen LogP contribution is 2.33. The molecule has 1 aliphatic heterocycles. The first-order valence-corrected chi connectivity index (χ1v) is 8.47. The van der Waals surface area contributed by atoms with Crippen LogP contribution in [0.5, 0.6) is 0 Å². The standard InChI is InChI=1S/C18H27FN4O2/c1-11-9-12(19)5-6-14(11)15-10-13(7-8-23(15)16(20)24)21-17(25)22-18(2,3)4/h5-6,9,13,15H,7-8,10H2,1-4H3,(H2,20,24)(H2,21,22,25). The number of carbonyl (C=O) groups is 2. The molecule has 25 heavy (non-hydrogen) atoms. The lowest BCUT2D eigenvalue weighted by Crippen LogP contribution is -2.54. The molecule has 1 aromatic carbocycles. The van der Waals surface area contributed by atoms with Gasteiger partial charge in [-0.1, -0.05) is 6.07 Å². The Labute approximate surface area is 147 Å². The normalized spacial score (nSPS) is 20.9. The van der Waals surface area contributed by atoms with Crippen LogP contribution in [-0.2, 0) is 0 Å². The first kappa shape index (κ1) is 19.0. The fourth-order valence-electron chi connectivity index (χ4n) is 3.23. The van der Waals surface area contributed by atoms with Crippen LogP contribution in [0.15, 0.2) is 18.2 Å². The van der Waals surface area contributed by atoms with Gasteiger partial charge in [0.05, 0.1) is 6.04 Å². The van der Waals surface area contributed by atoms with Crippen molar-refractivity contribution in [3.8, 4) is 0 Å². The van der Waals surface area contributed by atoms with Gasteiger partial charge < -0.3 is 21.3 Å². The van der Waals surface area contributed by atoms with Crippen molar-refractivity contribution in [1.29, 1.82) is 0 Å². The number of piperidine rings is 1. The molecule has 2 atom stereocenters. The van der Waals surface area contributed by atoms with E-state index >= 15 is 0 Å². The van der Waals surface area contributed by atoms with Gasteiger partial charge in [0.2, 0.25) is 0 Å². The van der Waals surface area contributed by atoms with Crippen molar-refractivity contribution in [2.24, 2.45) is 5.73 Å². The van der Waals surface area contributed by atoms with Gasteiger partial charge in [0.1, 0.15) is 5.82 Å². The summed E-state index contributed by atoms with van der Waals surface area (Å²) in [7, 11) is 0. The van der Waals surface area contributed by atoms with Crippen molar-refractivity contribution in [2.75, 3.05) is 6.54 Å². The summed E-state index contributed by atoms with van der Waals surface area (Å²) in [4.78, 5) is 25.5. The van der Waals surface area contributed by atoms with E-state index in [0.717, 1.165) is 11.1 Å². The maximum Gasteiger partial charge on any atom is 0.315 e. The molecule has 2 unspecified atom stereocenters. The number of benzene rings is 1. The molecule has 7 heteroatoms. The van der Waals surface area contributed by atoms with Gasteiger partial charge in [-0.15, -0.1) is 0 Å². The molecule has 0 spiro atoms. The number of rotatable bonds is 2. The number of halogens is 1. The quantitative estimate of drug-likeness (QED) is 0.766. The summed E-state index contributed by atoms with van der Waals surface area (Å²) in [6.45, 7) is 7.98. The molecule has 2 rings (SSSR count). The number of carbonyl (C=O) groups excluding carboxylic acids is 2. The van der Waals surface area contributed by atoms with Crippen LogP contribution in [0, 0.1) is 12.7 Å². The summed E-state index contributed by atoms with van der Waals surface area (Å²) in [6, 6.07) is 3.39. The van der Waals surface area contributed by atoms with E-state index in [-0.39, 0.29) is 29.5 Å². The number of urea groups is 2. The Hall–Kier alpha value is -2.31. The van der Waals surface area contributed by atoms with Gasteiger partial charge >= 0.3 is 12.1 Å². The number of nitrogens with one attached hydrogen (secondary N) is 2. The highest BCUT2D eigenvalue weighted by atomic mass is 19.1. The number of primary amides is 1. The van der Waals surface area contributed by atoms with E-state index in [9.17, 15) is 14.0 Å². The van der Waals surface area contributed by atoms with E-state index in [0.29, 0.717) is 19.4 Å². The average molecular weight is 350 g/mol. The molecule has 1 aliphatic rings. The van der Waals surface area contributed by atoms with E-state index in [1.165, 1.54) is 12.1 Å². The lowest BCUT2D eigenvalue weighted by atomic mass is 9.89. The van der Waals surface area contributed by atoms with Crippen LogP contribution in [0.3, 0.4) is 0 Å². The first-order valence-electron chi connectivity index (χ1n) is 8.47. The molecule has 0 radical (unpaired) electrons. The Morgan fingerprint density at radius 2 is 2.00 bits per heavy atom. The summed E-state index contributed by atoms with van der Waals surface area (Å²) >= 11 is 0. The maximum atomic E-state index is 13.4. The van der Waals surface area contributed by atoms with Gasteiger partial charge in [0, 0.05) is 18.1 Å². The SMILES string of the molecule is Cc1cc(F)ccc1C1CC(NC(=O)NC(C)(C)C)CCN1C(N)=O. The molecule has 1 fully saturated rings. The van der Waals surface area contributed by atoms with Crippen molar-refractivity contribution >= 4 is 12.1 Å². The largest absolute Gasteiger partial charge is 0.351 e. The lowest BCUT2D eigenvalue weighted by molar-refractivity contribution is 0.143. The zero-order valence-electron chi connectivity index (χ0n) is 15.2. The second-order valence-corrected chi connectivity index (χ2v) is 7.62. The summed E-state index contributed by atoms with van der Waals surface area (Å²) < 4.78 is 13.4. The van der Waals surface area contributed by atoms with Crippen LogP contribution in [0.4, 0.5) is 14.0 Å². The van der Waals surface area contributed by atoms with Crippen molar-refractivity contribution in [3.63, 3.8) is 0 Å². The van der Waals surface area contributed by atoms with Crippen molar-refractivity contribution in [2.45, 2.75) is 58.2 Å². The number of nitrogens with two attached hydrogens (primary N) is 1. The van der Waals surface area contributed by atoms with Gasteiger partial charge in [-0.3, -0.25) is 0 Å². The van der Waals surface area contributed by atoms with Crippen LogP contribution < -0.4 is 16.4 Å². The molecule has 0 aliphatic carbocycles. The fourth-order valence-corrected chi connectivity index (χ4v) is 3.23.